The summed E-state index contributed by atoms with van der Waals surface area (Å²) in [5, 5.41) is 9.32. The molecule has 1 aromatic rings. The van der Waals surface area contributed by atoms with Crippen LogP contribution in [-0.4, -0.2) is 32.8 Å². The molecule has 0 spiro atoms. The van der Waals surface area contributed by atoms with E-state index in [2.05, 4.69) is 4.72 Å². The van der Waals surface area contributed by atoms with Crippen LogP contribution in [0.15, 0.2) is 23.1 Å². The van der Waals surface area contributed by atoms with E-state index in [0.717, 1.165) is 12.0 Å². The molecular weight excluding hydrogens is 278 g/mol. The van der Waals surface area contributed by atoms with Gasteiger partial charge in [0.2, 0.25) is 10.0 Å². The number of aliphatic hydroxyl groups excluding tert-OH is 1. The van der Waals surface area contributed by atoms with Gasteiger partial charge in [0.15, 0.2) is 0 Å². The number of aryl methyl sites for hydroxylation is 1. The standard InChI is InChI=1S/C14H23NO4S/c1-5-11-6-7-13(8-12(11)9-16)20(17,18)15-14(2,3)10-19-4/h6-8,15-16H,5,9-10H2,1-4H3. The van der Waals surface area contributed by atoms with E-state index in [4.69, 9.17) is 4.74 Å². The molecule has 0 aliphatic rings. The maximum atomic E-state index is 12.3. The number of hydrogen-bond acceptors (Lipinski definition) is 4. The van der Waals surface area contributed by atoms with E-state index >= 15 is 0 Å². The summed E-state index contributed by atoms with van der Waals surface area (Å²) in [6.07, 6.45) is 0.749. The fourth-order valence-corrected chi connectivity index (χ4v) is 3.52. The molecule has 0 fully saturated rings. The number of rotatable bonds is 7. The summed E-state index contributed by atoms with van der Waals surface area (Å²) in [7, 11) is -2.12. The van der Waals surface area contributed by atoms with Gasteiger partial charge in [0.25, 0.3) is 0 Å². The fourth-order valence-electron chi connectivity index (χ4n) is 2.07. The van der Waals surface area contributed by atoms with E-state index in [1.165, 1.54) is 13.2 Å². The zero-order valence-electron chi connectivity index (χ0n) is 12.4. The number of ether oxygens (including phenoxy) is 1. The summed E-state index contributed by atoms with van der Waals surface area (Å²) in [5.41, 5.74) is 0.888. The third-order valence-corrected chi connectivity index (χ3v) is 4.65. The minimum absolute atomic E-state index is 0.155. The first-order valence-corrected chi connectivity index (χ1v) is 7.99. The largest absolute Gasteiger partial charge is 0.392 e. The van der Waals surface area contributed by atoms with Crippen molar-refractivity contribution >= 4 is 10.0 Å². The van der Waals surface area contributed by atoms with Gasteiger partial charge in [-0.15, -0.1) is 0 Å². The first-order chi connectivity index (χ1) is 9.25. The van der Waals surface area contributed by atoms with E-state index in [9.17, 15) is 13.5 Å². The van der Waals surface area contributed by atoms with Gasteiger partial charge in [0.05, 0.1) is 23.6 Å². The van der Waals surface area contributed by atoms with Gasteiger partial charge < -0.3 is 9.84 Å². The first kappa shape index (κ1) is 17.1. The molecule has 0 atom stereocenters. The highest BCUT2D eigenvalue weighted by Gasteiger charge is 2.26. The van der Waals surface area contributed by atoms with Crippen molar-refractivity contribution in [1.82, 2.24) is 4.72 Å². The fraction of sp³-hybridized carbons (Fsp3) is 0.571. The predicted molar refractivity (Wildman–Crippen MR) is 78.0 cm³/mol. The van der Waals surface area contributed by atoms with Crippen molar-refractivity contribution in [3.63, 3.8) is 0 Å². The molecule has 0 saturated carbocycles. The predicted octanol–water partition coefficient (Wildman–Crippen LogP) is 1.44. The van der Waals surface area contributed by atoms with Gasteiger partial charge in [-0.25, -0.2) is 13.1 Å². The molecule has 0 amide bonds. The van der Waals surface area contributed by atoms with Crippen LogP contribution in [0.3, 0.4) is 0 Å². The maximum Gasteiger partial charge on any atom is 0.241 e. The van der Waals surface area contributed by atoms with Crippen LogP contribution in [-0.2, 0) is 27.8 Å². The van der Waals surface area contributed by atoms with Gasteiger partial charge in [0, 0.05) is 7.11 Å². The molecule has 0 aliphatic carbocycles. The minimum Gasteiger partial charge on any atom is -0.392 e. The lowest BCUT2D eigenvalue weighted by molar-refractivity contribution is 0.141. The first-order valence-electron chi connectivity index (χ1n) is 6.51. The highest BCUT2D eigenvalue weighted by atomic mass is 32.2. The van der Waals surface area contributed by atoms with Crippen LogP contribution < -0.4 is 4.72 Å². The van der Waals surface area contributed by atoms with Gasteiger partial charge in [-0.05, 0) is 43.5 Å². The van der Waals surface area contributed by atoms with Crippen molar-refractivity contribution in [3.8, 4) is 0 Å². The van der Waals surface area contributed by atoms with Crippen LogP contribution >= 0.6 is 0 Å². The molecule has 6 heteroatoms. The third-order valence-electron chi connectivity index (χ3n) is 2.96. The normalized spacial score (nSPS) is 12.7. The zero-order valence-corrected chi connectivity index (χ0v) is 13.3. The monoisotopic (exact) mass is 301 g/mol. The molecule has 0 unspecified atom stereocenters. The number of aliphatic hydroxyl groups is 1. The highest BCUT2D eigenvalue weighted by molar-refractivity contribution is 7.89. The molecule has 0 heterocycles. The van der Waals surface area contributed by atoms with Gasteiger partial charge in [-0.1, -0.05) is 13.0 Å². The Labute approximate surface area is 121 Å². The summed E-state index contributed by atoms with van der Waals surface area (Å²) >= 11 is 0. The second-order valence-corrected chi connectivity index (χ2v) is 7.05. The number of hydrogen-bond donors (Lipinski definition) is 2. The Balaban J connectivity index is 3.10. The number of benzene rings is 1. The number of methoxy groups -OCH3 is 1. The Kier molecular flexibility index (Phi) is 5.70. The Bertz CT molecular complexity index is 552. The molecule has 1 aromatic carbocycles. The van der Waals surface area contributed by atoms with Gasteiger partial charge >= 0.3 is 0 Å². The average Bonchev–Trinajstić information content (AvgIpc) is 2.36. The zero-order chi connectivity index (χ0) is 15.4. The van der Waals surface area contributed by atoms with Crippen molar-refractivity contribution in [1.29, 1.82) is 0 Å². The average molecular weight is 301 g/mol. The lowest BCUT2D eigenvalue weighted by Gasteiger charge is -2.25. The van der Waals surface area contributed by atoms with Gasteiger partial charge in [-0.3, -0.25) is 0 Å². The van der Waals surface area contributed by atoms with Crippen LogP contribution in [0.4, 0.5) is 0 Å². The SMILES string of the molecule is CCc1ccc(S(=O)(=O)NC(C)(C)COC)cc1CO. The summed E-state index contributed by atoms with van der Waals surface area (Å²) in [5.74, 6) is 0. The highest BCUT2D eigenvalue weighted by Crippen LogP contribution is 2.18. The van der Waals surface area contributed by atoms with E-state index in [-0.39, 0.29) is 18.1 Å². The van der Waals surface area contributed by atoms with Crippen LogP contribution in [0.1, 0.15) is 31.9 Å². The maximum absolute atomic E-state index is 12.3. The second-order valence-electron chi connectivity index (χ2n) is 5.36. The lowest BCUT2D eigenvalue weighted by Crippen LogP contribution is -2.46. The summed E-state index contributed by atoms with van der Waals surface area (Å²) in [4.78, 5) is 0.155. The van der Waals surface area contributed by atoms with Crippen molar-refractivity contribution in [2.75, 3.05) is 13.7 Å². The second kappa shape index (κ2) is 6.67. The molecular formula is C14H23NO4S. The van der Waals surface area contributed by atoms with Crippen molar-refractivity contribution in [2.45, 2.75) is 44.2 Å². The summed E-state index contributed by atoms with van der Waals surface area (Å²) in [6.45, 7) is 5.56. The topological polar surface area (TPSA) is 75.6 Å². The Hall–Kier alpha value is -0.950. The Morgan fingerprint density at radius 3 is 2.45 bits per heavy atom. The Morgan fingerprint density at radius 1 is 1.30 bits per heavy atom. The minimum atomic E-state index is -3.64. The number of nitrogens with one attached hydrogen (secondary N) is 1. The molecule has 5 nitrogen and oxygen atoms in total. The number of sulfonamides is 1. The van der Waals surface area contributed by atoms with Crippen LogP contribution in [0.5, 0.6) is 0 Å². The van der Waals surface area contributed by atoms with Crippen LogP contribution in [0.25, 0.3) is 0 Å². The molecule has 0 saturated heterocycles. The molecule has 0 aliphatic heterocycles. The van der Waals surface area contributed by atoms with E-state index in [1.807, 2.05) is 6.92 Å². The van der Waals surface area contributed by atoms with Crippen LogP contribution in [0, 0.1) is 0 Å². The lowest BCUT2D eigenvalue weighted by atomic mass is 10.1. The molecule has 0 bridgehead atoms. The van der Waals surface area contributed by atoms with Crippen molar-refractivity contribution in [3.05, 3.63) is 29.3 Å². The van der Waals surface area contributed by atoms with E-state index in [0.29, 0.717) is 5.56 Å². The smallest absolute Gasteiger partial charge is 0.241 e. The molecule has 0 radical (unpaired) electrons. The van der Waals surface area contributed by atoms with Crippen molar-refractivity contribution in [2.24, 2.45) is 0 Å². The van der Waals surface area contributed by atoms with Crippen LogP contribution in [0.2, 0.25) is 0 Å². The molecule has 2 N–H and O–H groups in total. The quantitative estimate of drug-likeness (QED) is 0.799. The Morgan fingerprint density at radius 2 is 1.95 bits per heavy atom. The molecule has 0 aromatic heterocycles. The molecule has 114 valence electrons. The molecule has 20 heavy (non-hydrogen) atoms. The third kappa shape index (κ3) is 4.28. The summed E-state index contributed by atoms with van der Waals surface area (Å²) < 4.78 is 32.3. The van der Waals surface area contributed by atoms with E-state index in [1.54, 1.807) is 26.0 Å². The van der Waals surface area contributed by atoms with Gasteiger partial charge in [-0.2, -0.15) is 0 Å². The molecule has 1 rings (SSSR count). The van der Waals surface area contributed by atoms with Gasteiger partial charge in [0.1, 0.15) is 0 Å². The summed E-state index contributed by atoms with van der Waals surface area (Å²) in [6, 6.07) is 4.82. The van der Waals surface area contributed by atoms with Crippen molar-refractivity contribution < 1.29 is 18.3 Å². The van der Waals surface area contributed by atoms with E-state index < -0.39 is 15.6 Å².